The van der Waals surface area contributed by atoms with Crippen molar-refractivity contribution >= 4 is 15.9 Å². The lowest BCUT2D eigenvalue weighted by molar-refractivity contribution is 0.483. The lowest BCUT2D eigenvalue weighted by Crippen LogP contribution is -2.30. The monoisotopic (exact) mass is 309 g/mol. The molecule has 1 unspecified atom stereocenters. The highest BCUT2D eigenvalue weighted by Crippen LogP contribution is 2.24. The molecule has 5 heteroatoms. The van der Waals surface area contributed by atoms with Gasteiger partial charge in [-0.2, -0.15) is 0 Å². The molecule has 2 aromatic rings. The summed E-state index contributed by atoms with van der Waals surface area (Å²) in [5, 5.41) is 0. The van der Waals surface area contributed by atoms with Crippen LogP contribution in [0, 0.1) is 13.8 Å². The minimum atomic E-state index is 0.0103. The molecule has 0 radical (unpaired) electrons. The summed E-state index contributed by atoms with van der Waals surface area (Å²) in [4.78, 5) is 4.35. The molecule has 0 amide bonds. The van der Waals surface area contributed by atoms with Crippen molar-refractivity contribution in [1.29, 1.82) is 0 Å². The van der Waals surface area contributed by atoms with Crippen LogP contribution in [0.3, 0.4) is 0 Å². The van der Waals surface area contributed by atoms with Gasteiger partial charge in [0, 0.05) is 28.3 Å². The number of aromatic nitrogens is 1. The zero-order chi connectivity index (χ0) is 13.1. The van der Waals surface area contributed by atoms with Crippen LogP contribution in [0.5, 0.6) is 0 Å². The molecule has 2 rings (SSSR count). The molecule has 4 nitrogen and oxygen atoms in total. The highest BCUT2D eigenvalue weighted by molar-refractivity contribution is 9.10. The first-order chi connectivity index (χ1) is 8.60. The van der Waals surface area contributed by atoms with Crippen molar-refractivity contribution in [2.75, 3.05) is 0 Å². The molecule has 0 bridgehead atoms. The molecular weight excluding hydrogens is 294 g/mol. The summed E-state index contributed by atoms with van der Waals surface area (Å²) in [5.41, 5.74) is 4.89. The molecular formula is C13H16BrN3O. The lowest BCUT2D eigenvalue weighted by Gasteiger charge is -2.14. The van der Waals surface area contributed by atoms with Crippen LogP contribution in [-0.4, -0.2) is 4.98 Å². The van der Waals surface area contributed by atoms with Gasteiger partial charge in [0.15, 0.2) is 0 Å². The Kier molecular flexibility index (Phi) is 4.16. The quantitative estimate of drug-likeness (QED) is 0.673. The van der Waals surface area contributed by atoms with Crippen molar-refractivity contribution in [1.82, 2.24) is 10.4 Å². The fourth-order valence-electron chi connectivity index (χ4n) is 1.99. The van der Waals surface area contributed by atoms with E-state index in [0.29, 0.717) is 0 Å². The maximum absolute atomic E-state index is 5.63. The molecule has 0 aliphatic heterocycles. The number of rotatable bonds is 4. The number of hydrogen-bond donors (Lipinski definition) is 2. The SMILES string of the molecule is Cc1cc(C(Cc2ccc(Br)cn2)NN)c(C)o1. The summed E-state index contributed by atoms with van der Waals surface area (Å²) in [6.07, 6.45) is 2.51. The van der Waals surface area contributed by atoms with Crippen LogP contribution in [0.4, 0.5) is 0 Å². The number of nitrogens with zero attached hydrogens (tertiary/aromatic N) is 1. The summed E-state index contributed by atoms with van der Waals surface area (Å²) < 4.78 is 6.50. The van der Waals surface area contributed by atoms with E-state index >= 15 is 0 Å². The summed E-state index contributed by atoms with van der Waals surface area (Å²) in [6.45, 7) is 3.88. The molecule has 2 heterocycles. The van der Waals surface area contributed by atoms with Gasteiger partial charge in [0.2, 0.25) is 0 Å². The zero-order valence-electron chi connectivity index (χ0n) is 10.4. The van der Waals surface area contributed by atoms with Crippen molar-refractivity contribution in [3.05, 3.63) is 51.6 Å². The second-order valence-electron chi connectivity index (χ2n) is 4.26. The largest absolute Gasteiger partial charge is 0.466 e. The second kappa shape index (κ2) is 5.65. The predicted octanol–water partition coefficient (Wildman–Crippen LogP) is 2.80. The fourth-order valence-corrected chi connectivity index (χ4v) is 2.23. The van der Waals surface area contributed by atoms with Gasteiger partial charge in [-0.05, 0) is 48.0 Å². The normalized spacial score (nSPS) is 12.7. The summed E-state index contributed by atoms with van der Waals surface area (Å²) in [5.74, 6) is 7.42. The van der Waals surface area contributed by atoms with Gasteiger partial charge < -0.3 is 4.42 Å². The van der Waals surface area contributed by atoms with Gasteiger partial charge in [0.25, 0.3) is 0 Å². The summed E-state index contributed by atoms with van der Waals surface area (Å²) in [6, 6.07) is 5.98. The van der Waals surface area contributed by atoms with Gasteiger partial charge in [-0.25, -0.2) is 0 Å². The lowest BCUT2D eigenvalue weighted by atomic mass is 10.0. The van der Waals surface area contributed by atoms with E-state index in [0.717, 1.165) is 33.7 Å². The predicted molar refractivity (Wildman–Crippen MR) is 73.9 cm³/mol. The van der Waals surface area contributed by atoms with Crippen molar-refractivity contribution in [3.8, 4) is 0 Å². The Morgan fingerprint density at radius 2 is 2.22 bits per heavy atom. The minimum absolute atomic E-state index is 0.0103. The molecule has 0 spiro atoms. The first-order valence-corrected chi connectivity index (χ1v) is 6.53. The van der Waals surface area contributed by atoms with Crippen molar-refractivity contribution < 1.29 is 4.42 Å². The third kappa shape index (κ3) is 2.98. The Morgan fingerprint density at radius 1 is 1.44 bits per heavy atom. The van der Waals surface area contributed by atoms with E-state index in [2.05, 4.69) is 26.3 Å². The highest BCUT2D eigenvalue weighted by Gasteiger charge is 2.16. The Balaban J connectivity index is 2.19. The van der Waals surface area contributed by atoms with E-state index in [1.807, 2.05) is 32.0 Å². The number of hydrazine groups is 1. The number of hydrogen-bond acceptors (Lipinski definition) is 4. The Morgan fingerprint density at radius 3 is 2.72 bits per heavy atom. The van der Waals surface area contributed by atoms with Crippen LogP contribution in [0.25, 0.3) is 0 Å². The van der Waals surface area contributed by atoms with E-state index in [1.165, 1.54) is 0 Å². The molecule has 0 aliphatic rings. The average Bonchev–Trinajstić information content (AvgIpc) is 2.68. The standard InChI is InChI=1S/C13H16BrN3O/c1-8-5-12(9(2)18-8)13(17-15)6-11-4-3-10(14)7-16-11/h3-5,7,13,17H,6,15H2,1-2H3. The maximum Gasteiger partial charge on any atom is 0.105 e. The smallest absolute Gasteiger partial charge is 0.105 e. The Labute approximate surface area is 115 Å². The van der Waals surface area contributed by atoms with Crippen molar-refractivity contribution in [2.45, 2.75) is 26.3 Å². The number of nitrogens with two attached hydrogens (primary N) is 1. The molecule has 0 fully saturated rings. The Hall–Kier alpha value is -1.17. The zero-order valence-corrected chi connectivity index (χ0v) is 12.0. The average molecular weight is 310 g/mol. The first kappa shape index (κ1) is 13.3. The number of aryl methyl sites for hydroxylation is 2. The van der Waals surface area contributed by atoms with E-state index in [4.69, 9.17) is 10.3 Å². The second-order valence-corrected chi connectivity index (χ2v) is 5.18. The third-order valence-corrected chi connectivity index (χ3v) is 3.33. The minimum Gasteiger partial charge on any atom is -0.466 e. The number of pyridine rings is 1. The van der Waals surface area contributed by atoms with Gasteiger partial charge in [0.1, 0.15) is 11.5 Å². The molecule has 0 aliphatic carbocycles. The topological polar surface area (TPSA) is 64.1 Å². The highest BCUT2D eigenvalue weighted by atomic mass is 79.9. The van der Waals surface area contributed by atoms with Crippen molar-refractivity contribution in [2.24, 2.45) is 5.84 Å². The first-order valence-electron chi connectivity index (χ1n) is 5.73. The van der Waals surface area contributed by atoms with Gasteiger partial charge >= 0.3 is 0 Å². The van der Waals surface area contributed by atoms with Crippen LogP contribution in [-0.2, 0) is 6.42 Å². The van der Waals surface area contributed by atoms with E-state index in [-0.39, 0.29) is 6.04 Å². The van der Waals surface area contributed by atoms with Gasteiger partial charge in [-0.1, -0.05) is 0 Å². The molecule has 0 saturated carbocycles. The van der Waals surface area contributed by atoms with Crippen LogP contribution in [0.1, 0.15) is 28.8 Å². The Bertz CT molecular complexity index is 522. The molecule has 18 heavy (non-hydrogen) atoms. The van der Waals surface area contributed by atoms with E-state index < -0.39 is 0 Å². The summed E-state index contributed by atoms with van der Waals surface area (Å²) >= 11 is 3.37. The third-order valence-electron chi connectivity index (χ3n) is 2.86. The molecule has 3 N–H and O–H groups in total. The molecule has 0 saturated heterocycles. The summed E-state index contributed by atoms with van der Waals surface area (Å²) in [7, 11) is 0. The van der Waals surface area contributed by atoms with Crippen molar-refractivity contribution in [3.63, 3.8) is 0 Å². The van der Waals surface area contributed by atoms with Crippen LogP contribution < -0.4 is 11.3 Å². The van der Waals surface area contributed by atoms with E-state index in [1.54, 1.807) is 6.20 Å². The van der Waals surface area contributed by atoms with Crippen LogP contribution in [0.15, 0.2) is 33.3 Å². The molecule has 1 atom stereocenters. The number of nitrogens with one attached hydrogen (secondary N) is 1. The maximum atomic E-state index is 5.63. The number of halogens is 1. The van der Waals surface area contributed by atoms with E-state index in [9.17, 15) is 0 Å². The molecule has 96 valence electrons. The van der Waals surface area contributed by atoms with Crippen LogP contribution in [0.2, 0.25) is 0 Å². The van der Waals surface area contributed by atoms with Gasteiger partial charge in [-0.3, -0.25) is 16.3 Å². The molecule has 2 aromatic heterocycles. The van der Waals surface area contributed by atoms with Crippen LogP contribution >= 0.6 is 15.9 Å². The number of furan rings is 1. The van der Waals surface area contributed by atoms with Gasteiger partial charge in [0.05, 0.1) is 6.04 Å². The fraction of sp³-hybridized carbons (Fsp3) is 0.308. The van der Waals surface area contributed by atoms with Gasteiger partial charge in [-0.15, -0.1) is 0 Å². The molecule has 0 aromatic carbocycles.